The molecule has 130 valence electrons. The van der Waals surface area contributed by atoms with Gasteiger partial charge >= 0.3 is 0 Å². The van der Waals surface area contributed by atoms with Gasteiger partial charge in [0.2, 0.25) is 17.7 Å². The van der Waals surface area contributed by atoms with Crippen LogP contribution in [0.2, 0.25) is 0 Å². The second kappa shape index (κ2) is 8.67. The summed E-state index contributed by atoms with van der Waals surface area (Å²) in [6.07, 6.45) is 1.21. The molecule has 0 unspecified atom stereocenters. The van der Waals surface area contributed by atoms with Crippen molar-refractivity contribution in [1.29, 1.82) is 0 Å². The summed E-state index contributed by atoms with van der Waals surface area (Å²) in [7, 11) is 0. The number of imide groups is 1. The summed E-state index contributed by atoms with van der Waals surface area (Å²) in [5.74, 6) is 0.0914. The minimum Gasteiger partial charge on any atom is -0.355 e. The van der Waals surface area contributed by atoms with E-state index in [1.54, 1.807) is 0 Å². The van der Waals surface area contributed by atoms with Gasteiger partial charge in [0.1, 0.15) is 0 Å². The molecule has 1 fully saturated rings. The molecule has 0 spiro atoms. The van der Waals surface area contributed by atoms with Crippen LogP contribution in [-0.4, -0.2) is 41.5 Å². The number of carbonyl (C=O) groups excluding carboxylic acids is 3. The lowest BCUT2D eigenvalue weighted by molar-refractivity contribution is -0.138. The van der Waals surface area contributed by atoms with Gasteiger partial charge in [0.15, 0.2) is 0 Å². The molecule has 1 saturated heterocycles. The minimum atomic E-state index is -0.108. The smallest absolute Gasteiger partial charge is 0.230 e. The number of benzene rings is 1. The van der Waals surface area contributed by atoms with Gasteiger partial charge in [-0.15, -0.1) is 11.8 Å². The molecule has 5 nitrogen and oxygen atoms in total. The van der Waals surface area contributed by atoms with E-state index in [9.17, 15) is 14.4 Å². The highest BCUT2D eigenvalue weighted by Crippen LogP contribution is 2.28. The van der Waals surface area contributed by atoms with Gasteiger partial charge in [-0.1, -0.05) is 15.9 Å². The van der Waals surface area contributed by atoms with Crippen molar-refractivity contribution in [3.8, 4) is 0 Å². The van der Waals surface area contributed by atoms with E-state index >= 15 is 0 Å². The Morgan fingerprint density at radius 3 is 2.54 bits per heavy atom. The zero-order chi connectivity index (χ0) is 17.7. The molecular formula is C17H21BrN2O3S. The standard InChI is InChI=1S/C17H21BrN2O3S/c1-11-9-14(12(2)8-13(11)18)24-10-15(21)19-6-3-7-20-16(22)4-5-17(20)23/h8-9H,3-7,10H2,1-2H3,(H,19,21). The number of hydrogen-bond donors (Lipinski definition) is 1. The molecule has 1 aromatic rings. The van der Waals surface area contributed by atoms with E-state index in [4.69, 9.17) is 0 Å². The van der Waals surface area contributed by atoms with Crippen molar-refractivity contribution in [2.24, 2.45) is 0 Å². The van der Waals surface area contributed by atoms with Crippen molar-refractivity contribution < 1.29 is 14.4 Å². The summed E-state index contributed by atoms with van der Waals surface area (Å²) in [4.78, 5) is 37.2. The molecule has 1 aromatic carbocycles. The highest BCUT2D eigenvalue weighted by atomic mass is 79.9. The fourth-order valence-electron chi connectivity index (χ4n) is 2.44. The summed E-state index contributed by atoms with van der Waals surface area (Å²) in [5, 5.41) is 2.83. The second-order valence-corrected chi connectivity index (χ2v) is 7.67. The van der Waals surface area contributed by atoms with Crippen LogP contribution in [0.3, 0.4) is 0 Å². The lowest BCUT2D eigenvalue weighted by Crippen LogP contribution is -2.33. The number of carbonyl (C=O) groups is 3. The van der Waals surface area contributed by atoms with Crippen LogP contribution in [0.4, 0.5) is 0 Å². The fraction of sp³-hybridized carbons (Fsp3) is 0.471. The number of rotatable bonds is 7. The molecule has 0 saturated carbocycles. The van der Waals surface area contributed by atoms with Crippen molar-refractivity contribution in [3.63, 3.8) is 0 Å². The summed E-state index contributed by atoms with van der Waals surface area (Å²) in [6.45, 7) is 4.90. The van der Waals surface area contributed by atoms with Crippen LogP contribution in [0.15, 0.2) is 21.5 Å². The van der Waals surface area contributed by atoms with Crippen molar-refractivity contribution in [3.05, 3.63) is 27.7 Å². The van der Waals surface area contributed by atoms with Gasteiger partial charge < -0.3 is 5.32 Å². The Kier molecular flexibility index (Phi) is 6.86. The van der Waals surface area contributed by atoms with E-state index in [1.165, 1.54) is 16.7 Å². The summed E-state index contributed by atoms with van der Waals surface area (Å²) >= 11 is 5.01. The normalized spacial score (nSPS) is 14.4. The number of aryl methyl sites for hydroxylation is 2. The SMILES string of the molecule is Cc1cc(SCC(=O)NCCCN2C(=O)CCC2=O)c(C)cc1Br. The molecule has 0 aromatic heterocycles. The number of hydrogen-bond acceptors (Lipinski definition) is 4. The topological polar surface area (TPSA) is 66.5 Å². The number of likely N-dealkylation sites (tertiary alicyclic amines) is 1. The van der Waals surface area contributed by atoms with Crippen LogP contribution >= 0.6 is 27.7 Å². The summed E-state index contributed by atoms with van der Waals surface area (Å²) < 4.78 is 1.07. The molecule has 1 aliphatic heterocycles. The molecule has 0 radical (unpaired) electrons. The Morgan fingerprint density at radius 2 is 1.88 bits per heavy atom. The molecule has 3 amide bonds. The first-order valence-corrected chi connectivity index (χ1v) is 9.66. The zero-order valence-electron chi connectivity index (χ0n) is 13.9. The van der Waals surface area contributed by atoms with Crippen molar-refractivity contribution in [2.45, 2.75) is 38.0 Å². The number of amides is 3. The van der Waals surface area contributed by atoms with Gasteiger partial charge in [0, 0.05) is 35.3 Å². The number of nitrogens with zero attached hydrogens (tertiary/aromatic N) is 1. The van der Waals surface area contributed by atoms with E-state index in [-0.39, 0.29) is 17.7 Å². The first-order valence-electron chi connectivity index (χ1n) is 7.88. The van der Waals surface area contributed by atoms with Gasteiger partial charge in [-0.25, -0.2) is 0 Å². The Balaban J connectivity index is 1.69. The van der Waals surface area contributed by atoms with Crippen LogP contribution in [0.25, 0.3) is 0 Å². The first-order chi connectivity index (χ1) is 11.4. The lowest BCUT2D eigenvalue weighted by Gasteiger charge is -2.13. The highest BCUT2D eigenvalue weighted by molar-refractivity contribution is 9.10. The number of thioether (sulfide) groups is 1. The van der Waals surface area contributed by atoms with Crippen LogP contribution in [-0.2, 0) is 14.4 Å². The molecule has 24 heavy (non-hydrogen) atoms. The molecule has 2 rings (SSSR count). The lowest BCUT2D eigenvalue weighted by atomic mass is 10.2. The molecular weight excluding hydrogens is 392 g/mol. The van der Waals surface area contributed by atoms with Crippen LogP contribution < -0.4 is 5.32 Å². The zero-order valence-corrected chi connectivity index (χ0v) is 16.3. The van der Waals surface area contributed by atoms with Gasteiger partial charge in [0.25, 0.3) is 0 Å². The maximum absolute atomic E-state index is 11.9. The van der Waals surface area contributed by atoms with Crippen LogP contribution in [0.1, 0.15) is 30.4 Å². The predicted molar refractivity (Wildman–Crippen MR) is 97.9 cm³/mol. The van der Waals surface area contributed by atoms with E-state index in [1.807, 2.05) is 13.8 Å². The Bertz CT molecular complexity index is 647. The van der Waals surface area contributed by atoms with Crippen molar-refractivity contribution in [2.75, 3.05) is 18.8 Å². The number of nitrogens with one attached hydrogen (secondary N) is 1. The molecule has 0 atom stereocenters. The predicted octanol–water partition coefficient (Wildman–Crippen LogP) is 2.81. The van der Waals surface area contributed by atoms with Crippen molar-refractivity contribution >= 4 is 45.4 Å². The second-order valence-electron chi connectivity index (χ2n) is 5.80. The van der Waals surface area contributed by atoms with Gasteiger partial charge in [0.05, 0.1) is 5.75 Å². The Hall–Kier alpha value is -1.34. The van der Waals surface area contributed by atoms with Crippen LogP contribution in [0.5, 0.6) is 0 Å². The first kappa shape index (κ1) is 19.0. The van der Waals surface area contributed by atoms with E-state index < -0.39 is 0 Å². The Morgan fingerprint density at radius 1 is 1.21 bits per heavy atom. The fourth-order valence-corrected chi connectivity index (χ4v) is 3.83. The summed E-state index contributed by atoms with van der Waals surface area (Å²) in [5.41, 5.74) is 2.28. The average molecular weight is 413 g/mol. The quantitative estimate of drug-likeness (QED) is 0.424. The summed E-state index contributed by atoms with van der Waals surface area (Å²) in [6, 6.07) is 4.13. The largest absolute Gasteiger partial charge is 0.355 e. The van der Waals surface area contributed by atoms with Gasteiger partial charge in [-0.3, -0.25) is 19.3 Å². The van der Waals surface area contributed by atoms with E-state index in [0.29, 0.717) is 38.1 Å². The minimum absolute atomic E-state index is 0.0425. The third-order valence-corrected chi connectivity index (χ3v) is 5.86. The van der Waals surface area contributed by atoms with E-state index in [2.05, 4.69) is 33.4 Å². The molecule has 0 aliphatic carbocycles. The number of halogens is 1. The average Bonchev–Trinajstić information content (AvgIpc) is 2.85. The van der Waals surface area contributed by atoms with E-state index in [0.717, 1.165) is 20.5 Å². The van der Waals surface area contributed by atoms with Gasteiger partial charge in [-0.2, -0.15) is 0 Å². The molecule has 7 heteroatoms. The maximum atomic E-state index is 11.9. The maximum Gasteiger partial charge on any atom is 0.230 e. The molecule has 0 bridgehead atoms. The van der Waals surface area contributed by atoms with Crippen molar-refractivity contribution in [1.82, 2.24) is 10.2 Å². The van der Waals surface area contributed by atoms with Crippen LogP contribution in [0, 0.1) is 13.8 Å². The van der Waals surface area contributed by atoms with Gasteiger partial charge in [-0.05, 0) is 43.5 Å². The Labute approximate surface area is 154 Å². The molecule has 1 heterocycles. The monoisotopic (exact) mass is 412 g/mol. The highest BCUT2D eigenvalue weighted by Gasteiger charge is 2.27. The molecule has 1 aliphatic rings. The molecule has 1 N–H and O–H groups in total. The third kappa shape index (κ3) is 5.08. The third-order valence-electron chi connectivity index (χ3n) is 3.85.